The zero-order valence-electron chi connectivity index (χ0n) is 12.0. The van der Waals surface area contributed by atoms with Gasteiger partial charge in [0, 0.05) is 16.7 Å². The molecule has 1 N–H and O–H groups in total. The van der Waals surface area contributed by atoms with Gasteiger partial charge in [0.1, 0.15) is 5.54 Å². The van der Waals surface area contributed by atoms with Gasteiger partial charge in [0.25, 0.3) is 0 Å². The van der Waals surface area contributed by atoms with Gasteiger partial charge in [-0.3, -0.25) is 5.32 Å². The van der Waals surface area contributed by atoms with Crippen LogP contribution in [-0.4, -0.2) is 17.3 Å². The summed E-state index contributed by atoms with van der Waals surface area (Å²) in [5, 5.41) is 12.7. The van der Waals surface area contributed by atoms with E-state index < -0.39 is 5.54 Å². The molecule has 0 aromatic heterocycles. The fraction of sp³-hybridized carbons (Fsp3) is 0.562. The molecule has 1 aromatic carbocycles. The monoisotopic (exact) mass is 274 g/mol. The average Bonchev–Trinajstić information content (AvgIpc) is 2.83. The normalized spacial score (nSPS) is 17.0. The van der Waals surface area contributed by atoms with Gasteiger partial charge in [-0.1, -0.05) is 6.07 Å². The molecule has 0 saturated heterocycles. The molecule has 0 amide bonds. The van der Waals surface area contributed by atoms with Crippen molar-refractivity contribution in [3.8, 4) is 6.07 Å². The van der Waals surface area contributed by atoms with E-state index in [1.54, 1.807) is 11.8 Å². The molecule has 102 valence electrons. The van der Waals surface area contributed by atoms with Crippen LogP contribution in [0, 0.1) is 11.3 Å². The van der Waals surface area contributed by atoms with E-state index >= 15 is 0 Å². The van der Waals surface area contributed by atoms with E-state index in [-0.39, 0.29) is 0 Å². The molecule has 1 atom stereocenters. The number of rotatable bonds is 5. The lowest BCUT2D eigenvalue weighted by molar-refractivity contribution is 0.443. The number of nitrogens with one attached hydrogen (secondary N) is 1. The van der Waals surface area contributed by atoms with Gasteiger partial charge in [-0.2, -0.15) is 5.26 Å². The third-order valence-corrected chi connectivity index (χ3v) is 4.76. The van der Waals surface area contributed by atoms with Crippen molar-refractivity contribution in [3.05, 3.63) is 29.3 Å². The molecule has 19 heavy (non-hydrogen) atoms. The summed E-state index contributed by atoms with van der Waals surface area (Å²) in [4.78, 5) is 1.28. The first-order chi connectivity index (χ1) is 9.02. The molecule has 1 aliphatic rings. The van der Waals surface area contributed by atoms with Crippen molar-refractivity contribution in [2.75, 3.05) is 5.75 Å². The Morgan fingerprint density at radius 3 is 2.79 bits per heavy atom. The number of thioether (sulfide) groups is 1. The minimum atomic E-state index is -0.460. The molecule has 0 heterocycles. The van der Waals surface area contributed by atoms with Gasteiger partial charge < -0.3 is 0 Å². The van der Waals surface area contributed by atoms with Crippen LogP contribution in [-0.2, 0) is 12.8 Å². The first-order valence-electron chi connectivity index (χ1n) is 6.96. The number of nitrogens with zero attached hydrogens (tertiary/aromatic N) is 1. The Hall–Kier alpha value is -0.980. The predicted molar refractivity (Wildman–Crippen MR) is 81.5 cm³/mol. The van der Waals surface area contributed by atoms with Crippen LogP contribution in [0.4, 0.5) is 0 Å². The second kappa shape index (κ2) is 5.98. The molecular weight excluding hydrogens is 252 g/mol. The fourth-order valence-corrected chi connectivity index (χ4v) is 3.60. The van der Waals surface area contributed by atoms with Gasteiger partial charge in [0.05, 0.1) is 6.07 Å². The lowest BCUT2D eigenvalue weighted by Gasteiger charge is -2.25. The fourth-order valence-electron chi connectivity index (χ4n) is 2.61. The van der Waals surface area contributed by atoms with Crippen LogP contribution in [0.15, 0.2) is 23.1 Å². The highest BCUT2D eigenvalue weighted by molar-refractivity contribution is 7.99. The summed E-state index contributed by atoms with van der Waals surface area (Å²) < 4.78 is 0. The van der Waals surface area contributed by atoms with Crippen LogP contribution in [0.25, 0.3) is 0 Å². The molecule has 1 aromatic rings. The molecule has 1 aliphatic carbocycles. The molecule has 3 heteroatoms. The van der Waals surface area contributed by atoms with Crippen molar-refractivity contribution in [1.82, 2.24) is 5.32 Å². The number of nitriles is 1. The summed E-state index contributed by atoms with van der Waals surface area (Å²) in [5.74, 6) is 0.778. The minimum Gasteiger partial charge on any atom is -0.297 e. The molecule has 2 nitrogen and oxygen atoms in total. The van der Waals surface area contributed by atoms with Crippen molar-refractivity contribution in [3.63, 3.8) is 0 Å². The molecule has 0 fully saturated rings. The van der Waals surface area contributed by atoms with Crippen LogP contribution >= 0.6 is 11.8 Å². The highest BCUT2D eigenvalue weighted by Gasteiger charge is 2.24. The van der Waals surface area contributed by atoms with Gasteiger partial charge in [0.2, 0.25) is 0 Å². The third-order valence-electron chi connectivity index (χ3n) is 3.45. The summed E-state index contributed by atoms with van der Waals surface area (Å²) >= 11 is 1.77. The smallest absolute Gasteiger partial charge is 0.113 e. The quantitative estimate of drug-likeness (QED) is 0.834. The number of fused-ring (bicyclic) bond motifs is 1. The van der Waals surface area contributed by atoms with Crippen molar-refractivity contribution in [2.45, 2.75) is 56.5 Å². The maximum Gasteiger partial charge on any atom is 0.113 e. The summed E-state index contributed by atoms with van der Waals surface area (Å²) in [6.45, 7) is 6.14. The summed E-state index contributed by atoms with van der Waals surface area (Å²) in [6.07, 6.45) is 3.73. The third kappa shape index (κ3) is 3.75. The maximum atomic E-state index is 9.34. The molecule has 0 bridgehead atoms. The van der Waals surface area contributed by atoms with E-state index in [1.165, 1.54) is 35.3 Å². The van der Waals surface area contributed by atoms with E-state index in [1.807, 2.05) is 6.92 Å². The SMILES string of the molecule is CC(C)NC(C)(C#N)CSc1ccc2c(c1)CCC2. The van der Waals surface area contributed by atoms with Crippen LogP contribution in [0.5, 0.6) is 0 Å². The van der Waals surface area contributed by atoms with Crippen LogP contribution in [0.3, 0.4) is 0 Å². The van der Waals surface area contributed by atoms with Gasteiger partial charge >= 0.3 is 0 Å². The van der Waals surface area contributed by atoms with Crippen LogP contribution in [0.1, 0.15) is 38.3 Å². The summed E-state index contributed by atoms with van der Waals surface area (Å²) in [6, 6.07) is 9.48. The van der Waals surface area contributed by atoms with E-state index in [4.69, 9.17) is 0 Å². The van der Waals surface area contributed by atoms with Gasteiger partial charge in [-0.05, 0) is 63.3 Å². The topological polar surface area (TPSA) is 35.8 Å². The molecule has 0 spiro atoms. The minimum absolute atomic E-state index is 0.324. The molecule has 0 radical (unpaired) electrons. The summed E-state index contributed by atoms with van der Waals surface area (Å²) in [7, 11) is 0. The van der Waals surface area contributed by atoms with Crippen molar-refractivity contribution >= 4 is 11.8 Å². The molecule has 2 rings (SSSR count). The van der Waals surface area contributed by atoms with Gasteiger partial charge in [0.15, 0.2) is 0 Å². The average molecular weight is 274 g/mol. The number of hydrogen-bond acceptors (Lipinski definition) is 3. The standard InChI is InChI=1S/C16H22N2S/c1-12(2)18-16(3,10-17)11-19-15-8-7-13-5-4-6-14(13)9-15/h7-9,12,18H,4-6,11H2,1-3H3. The predicted octanol–water partition coefficient (Wildman–Crippen LogP) is 3.55. The number of benzene rings is 1. The Morgan fingerprint density at radius 1 is 1.37 bits per heavy atom. The Morgan fingerprint density at radius 2 is 2.11 bits per heavy atom. The van der Waals surface area contributed by atoms with Crippen LogP contribution in [0.2, 0.25) is 0 Å². The first kappa shape index (κ1) is 14.4. The zero-order valence-corrected chi connectivity index (χ0v) is 12.8. The van der Waals surface area contributed by atoms with Gasteiger partial charge in [-0.15, -0.1) is 11.8 Å². The Labute approximate surface area is 120 Å². The second-order valence-corrected chi connectivity index (χ2v) is 6.86. The van der Waals surface area contributed by atoms with E-state index in [9.17, 15) is 5.26 Å². The van der Waals surface area contributed by atoms with E-state index in [0.29, 0.717) is 6.04 Å². The number of aryl methyl sites for hydroxylation is 2. The zero-order chi connectivity index (χ0) is 13.9. The summed E-state index contributed by atoms with van der Waals surface area (Å²) in [5.41, 5.74) is 2.55. The van der Waals surface area contributed by atoms with E-state index in [2.05, 4.69) is 43.4 Å². The molecule has 0 aliphatic heterocycles. The first-order valence-corrected chi connectivity index (χ1v) is 7.94. The lowest BCUT2D eigenvalue weighted by atomic mass is 10.1. The molecule has 1 unspecified atom stereocenters. The Kier molecular flexibility index (Phi) is 4.54. The molecule has 0 saturated carbocycles. The Bertz CT molecular complexity index is 490. The second-order valence-electron chi connectivity index (χ2n) is 5.82. The van der Waals surface area contributed by atoms with Gasteiger partial charge in [-0.25, -0.2) is 0 Å². The molecular formula is C16H22N2S. The maximum absolute atomic E-state index is 9.34. The Balaban J connectivity index is 2.00. The van der Waals surface area contributed by atoms with Crippen molar-refractivity contribution in [2.24, 2.45) is 0 Å². The van der Waals surface area contributed by atoms with Crippen LogP contribution < -0.4 is 5.32 Å². The van der Waals surface area contributed by atoms with Crippen molar-refractivity contribution in [1.29, 1.82) is 5.26 Å². The highest BCUT2D eigenvalue weighted by atomic mass is 32.2. The number of hydrogen-bond donors (Lipinski definition) is 1. The largest absolute Gasteiger partial charge is 0.297 e. The lowest BCUT2D eigenvalue weighted by Crippen LogP contribution is -2.47. The van der Waals surface area contributed by atoms with E-state index in [0.717, 1.165) is 5.75 Å². The highest BCUT2D eigenvalue weighted by Crippen LogP contribution is 2.29. The van der Waals surface area contributed by atoms with Crippen molar-refractivity contribution < 1.29 is 0 Å².